The summed E-state index contributed by atoms with van der Waals surface area (Å²) >= 11 is 0. The maximum Gasteiger partial charge on any atom is 0.327 e. The minimum atomic E-state index is -4.11. The van der Waals surface area contributed by atoms with E-state index >= 15 is 0 Å². The smallest absolute Gasteiger partial charge is 0.327 e. The first-order chi connectivity index (χ1) is 16.4. The van der Waals surface area contributed by atoms with Crippen LogP contribution in [0.3, 0.4) is 0 Å². The highest BCUT2D eigenvalue weighted by molar-refractivity contribution is 7.89. The van der Waals surface area contributed by atoms with Crippen molar-refractivity contribution < 1.29 is 23.1 Å². The fourth-order valence-electron chi connectivity index (χ4n) is 3.80. The van der Waals surface area contributed by atoms with E-state index in [-0.39, 0.29) is 11.5 Å². The van der Waals surface area contributed by atoms with Crippen molar-refractivity contribution in [1.29, 1.82) is 0 Å². The first-order valence-electron chi connectivity index (χ1n) is 11.8. The number of nitrogens with one attached hydrogen (secondary N) is 1. The average molecular weight is 484 g/mol. The zero-order valence-corrected chi connectivity index (χ0v) is 20.3. The number of ether oxygens (including phenoxy) is 1. The van der Waals surface area contributed by atoms with Gasteiger partial charge in [0.1, 0.15) is 12.1 Å². The topological polar surface area (TPSA) is 92.7 Å². The number of benzene rings is 3. The Bertz CT molecular complexity index is 1160. The van der Waals surface area contributed by atoms with E-state index in [1.54, 1.807) is 42.5 Å². The molecule has 0 aliphatic carbocycles. The molecule has 0 radical (unpaired) electrons. The molecule has 2 atom stereocenters. The highest BCUT2D eigenvalue weighted by atomic mass is 32.2. The fraction of sp³-hybridized carbons (Fsp3) is 0.370. The molecular formula is C27H33NO5S. The van der Waals surface area contributed by atoms with E-state index in [1.807, 2.05) is 24.3 Å². The molecule has 0 unspecified atom stereocenters. The van der Waals surface area contributed by atoms with E-state index < -0.39 is 28.1 Å². The standard InChI is InChI=1S/C27H33NO5S/c1-2-3-4-5-6-12-19-33-27(30)25(26(29)22-14-8-7-9-15-22)28-34(31,32)24-18-17-21-13-10-11-16-23(21)20-24/h7-11,13-18,20,25-26,28-29H,2-6,12,19H2,1H3/t25-,26-/m1/s1. The van der Waals surface area contributed by atoms with Gasteiger partial charge in [-0.05, 0) is 34.9 Å². The fourth-order valence-corrected chi connectivity index (χ4v) is 5.02. The lowest BCUT2D eigenvalue weighted by Crippen LogP contribution is -2.46. The van der Waals surface area contributed by atoms with Gasteiger partial charge in [-0.15, -0.1) is 0 Å². The van der Waals surface area contributed by atoms with E-state index in [4.69, 9.17) is 4.74 Å². The maximum absolute atomic E-state index is 13.2. The SMILES string of the molecule is CCCCCCCCOC(=O)[C@H](NS(=O)(=O)c1ccc2ccccc2c1)[C@H](O)c1ccccc1. The molecule has 3 aromatic rings. The van der Waals surface area contributed by atoms with Crippen LogP contribution in [-0.2, 0) is 19.6 Å². The summed E-state index contributed by atoms with van der Waals surface area (Å²) in [5.41, 5.74) is 0.422. The molecule has 182 valence electrons. The van der Waals surface area contributed by atoms with Gasteiger partial charge in [-0.25, -0.2) is 8.42 Å². The van der Waals surface area contributed by atoms with E-state index in [9.17, 15) is 18.3 Å². The molecule has 0 amide bonds. The maximum atomic E-state index is 13.2. The van der Waals surface area contributed by atoms with Crippen molar-refractivity contribution in [2.75, 3.05) is 6.61 Å². The van der Waals surface area contributed by atoms with Gasteiger partial charge in [-0.3, -0.25) is 4.79 Å². The predicted molar refractivity (Wildman–Crippen MR) is 134 cm³/mol. The second-order valence-electron chi connectivity index (χ2n) is 8.40. The van der Waals surface area contributed by atoms with Crippen molar-refractivity contribution in [3.8, 4) is 0 Å². The van der Waals surface area contributed by atoms with Crippen LogP contribution in [0.25, 0.3) is 10.8 Å². The molecule has 0 aromatic heterocycles. The minimum Gasteiger partial charge on any atom is -0.464 e. The number of fused-ring (bicyclic) bond motifs is 1. The molecule has 2 N–H and O–H groups in total. The summed E-state index contributed by atoms with van der Waals surface area (Å²) in [6.45, 7) is 2.33. The van der Waals surface area contributed by atoms with E-state index in [2.05, 4.69) is 11.6 Å². The number of hydrogen-bond donors (Lipinski definition) is 2. The van der Waals surface area contributed by atoms with Crippen molar-refractivity contribution in [1.82, 2.24) is 4.72 Å². The van der Waals surface area contributed by atoms with Crippen molar-refractivity contribution in [3.05, 3.63) is 78.4 Å². The summed E-state index contributed by atoms with van der Waals surface area (Å²) in [5, 5.41) is 12.6. The normalized spacial score (nSPS) is 13.5. The molecule has 0 aliphatic heterocycles. The second kappa shape index (κ2) is 12.6. The predicted octanol–water partition coefficient (Wildman–Crippen LogP) is 5.12. The van der Waals surface area contributed by atoms with Gasteiger partial charge in [0.25, 0.3) is 0 Å². The van der Waals surface area contributed by atoms with Crippen LogP contribution < -0.4 is 4.72 Å². The monoisotopic (exact) mass is 483 g/mol. The number of hydrogen-bond acceptors (Lipinski definition) is 5. The van der Waals surface area contributed by atoms with Gasteiger partial charge in [0, 0.05) is 0 Å². The van der Waals surface area contributed by atoms with Gasteiger partial charge >= 0.3 is 5.97 Å². The van der Waals surface area contributed by atoms with Crippen LogP contribution in [0, 0.1) is 0 Å². The Morgan fingerprint density at radius 3 is 2.26 bits per heavy atom. The first kappa shape index (κ1) is 25.9. The molecule has 0 bridgehead atoms. The largest absolute Gasteiger partial charge is 0.464 e. The van der Waals surface area contributed by atoms with Crippen molar-refractivity contribution in [2.24, 2.45) is 0 Å². The lowest BCUT2D eigenvalue weighted by Gasteiger charge is -2.23. The quantitative estimate of drug-likeness (QED) is 0.260. The second-order valence-corrected chi connectivity index (χ2v) is 10.1. The van der Waals surface area contributed by atoms with Crippen LogP contribution in [0.2, 0.25) is 0 Å². The number of rotatable bonds is 13. The summed E-state index contributed by atoms with van der Waals surface area (Å²) in [6, 6.07) is 19.2. The number of carbonyl (C=O) groups is 1. The van der Waals surface area contributed by atoms with Crippen LogP contribution in [0.4, 0.5) is 0 Å². The van der Waals surface area contributed by atoms with Gasteiger partial charge in [-0.1, -0.05) is 99.7 Å². The third-order valence-corrected chi connectivity index (χ3v) is 7.21. The molecule has 6 nitrogen and oxygen atoms in total. The van der Waals surface area contributed by atoms with Crippen LogP contribution in [-0.4, -0.2) is 32.1 Å². The highest BCUT2D eigenvalue weighted by Crippen LogP contribution is 2.23. The number of aliphatic hydroxyl groups excluding tert-OH is 1. The molecule has 0 spiro atoms. The van der Waals surface area contributed by atoms with Crippen LogP contribution in [0.5, 0.6) is 0 Å². The number of aliphatic hydroxyl groups is 1. The number of carbonyl (C=O) groups excluding carboxylic acids is 1. The minimum absolute atomic E-state index is 0.0141. The van der Waals surface area contributed by atoms with Crippen LogP contribution >= 0.6 is 0 Å². The highest BCUT2D eigenvalue weighted by Gasteiger charge is 2.34. The molecule has 7 heteroatoms. The Kier molecular flexibility index (Phi) is 9.62. The molecule has 0 saturated heterocycles. The summed E-state index contributed by atoms with van der Waals surface area (Å²) in [6.07, 6.45) is 4.78. The molecule has 34 heavy (non-hydrogen) atoms. The molecule has 0 aliphatic rings. The van der Waals surface area contributed by atoms with Crippen LogP contribution in [0.15, 0.2) is 77.7 Å². The molecule has 0 fully saturated rings. The van der Waals surface area contributed by atoms with Gasteiger partial charge in [0.2, 0.25) is 10.0 Å². The van der Waals surface area contributed by atoms with E-state index in [0.717, 1.165) is 36.5 Å². The van der Waals surface area contributed by atoms with Gasteiger partial charge in [-0.2, -0.15) is 4.72 Å². The zero-order valence-electron chi connectivity index (χ0n) is 19.5. The number of unbranched alkanes of at least 4 members (excludes halogenated alkanes) is 5. The van der Waals surface area contributed by atoms with Gasteiger partial charge < -0.3 is 9.84 Å². The first-order valence-corrected chi connectivity index (χ1v) is 13.3. The Labute approximate surface area is 202 Å². The lowest BCUT2D eigenvalue weighted by molar-refractivity contribution is -0.148. The molecule has 3 aromatic carbocycles. The van der Waals surface area contributed by atoms with Crippen molar-refractivity contribution in [3.63, 3.8) is 0 Å². The summed E-state index contributed by atoms with van der Waals surface area (Å²) in [7, 11) is -4.11. The third kappa shape index (κ3) is 7.13. The van der Waals surface area contributed by atoms with Crippen molar-refractivity contribution in [2.45, 2.75) is 62.5 Å². The van der Waals surface area contributed by atoms with Gasteiger partial charge in [0.15, 0.2) is 0 Å². The van der Waals surface area contributed by atoms with Crippen molar-refractivity contribution >= 4 is 26.8 Å². The van der Waals surface area contributed by atoms with Gasteiger partial charge in [0.05, 0.1) is 11.5 Å². The Morgan fingerprint density at radius 1 is 0.882 bits per heavy atom. The Balaban J connectivity index is 1.75. The van der Waals surface area contributed by atoms with E-state index in [1.165, 1.54) is 12.5 Å². The summed E-state index contributed by atoms with van der Waals surface area (Å²) in [4.78, 5) is 12.9. The summed E-state index contributed by atoms with van der Waals surface area (Å²) < 4.78 is 34.1. The Hall–Kier alpha value is -2.74. The number of esters is 1. The average Bonchev–Trinajstić information content (AvgIpc) is 2.86. The molecular weight excluding hydrogens is 450 g/mol. The van der Waals surface area contributed by atoms with Crippen LogP contribution in [0.1, 0.15) is 57.1 Å². The lowest BCUT2D eigenvalue weighted by atomic mass is 10.0. The Morgan fingerprint density at radius 2 is 1.53 bits per heavy atom. The number of sulfonamides is 1. The summed E-state index contributed by atoms with van der Waals surface area (Å²) in [5.74, 6) is -0.797. The molecule has 0 heterocycles. The zero-order chi connectivity index (χ0) is 24.4. The third-order valence-electron chi connectivity index (χ3n) is 5.77. The molecule has 0 saturated carbocycles. The van der Waals surface area contributed by atoms with E-state index in [0.29, 0.717) is 12.0 Å². The molecule has 3 rings (SSSR count).